The summed E-state index contributed by atoms with van der Waals surface area (Å²) in [6.07, 6.45) is 4.94. The Labute approximate surface area is 131 Å². The molecule has 1 amide bonds. The van der Waals surface area contributed by atoms with E-state index >= 15 is 0 Å². The van der Waals surface area contributed by atoms with Crippen LogP contribution >= 0.6 is 11.3 Å². The minimum absolute atomic E-state index is 0.0263. The van der Waals surface area contributed by atoms with Crippen molar-refractivity contribution in [1.82, 2.24) is 10.2 Å². The molecule has 1 saturated heterocycles. The summed E-state index contributed by atoms with van der Waals surface area (Å²) in [5.41, 5.74) is 1.24. The molecular formula is C17H26N2OS. The Kier molecular flexibility index (Phi) is 4.36. The molecule has 21 heavy (non-hydrogen) atoms. The van der Waals surface area contributed by atoms with Gasteiger partial charge in [0.05, 0.1) is 6.04 Å². The van der Waals surface area contributed by atoms with Crippen molar-refractivity contribution in [3.8, 4) is 0 Å². The van der Waals surface area contributed by atoms with E-state index in [0.717, 1.165) is 18.8 Å². The lowest BCUT2D eigenvalue weighted by atomic mass is 9.99. The Bertz CT molecular complexity index is 483. The second-order valence-electron chi connectivity index (χ2n) is 6.76. The first-order valence-corrected chi connectivity index (χ1v) is 9.16. The highest BCUT2D eigenvalue weighted by Crippen LogP contribution is 2.38. The number of carbonyl (C=O) groups is 1. The van der Waals surface area contributed by atoms with Crippen molar-refractivity contribution in [2.45, 2.75) is 64.7 Å². The lowest BCUT2D eigenvalue weighted by Gasteiger charge is -2.30. The van der Waals surface area contributed by atoms with Crippen LogP contribution < -0.4 is 5.32 Å². The van der Waals surface area contributed by atoms with Crippen molar-refractivity contribution < 1.29 is 4.79 Å². The van der Waals surface area contributed by atoms with E-state index in [1.54, 1.807) is 11.3 Å². The number of hydrogen-bond donors (Lipinski definition) is 1. The van der Waals surface area contributed by atoms with Crippen LogP contribution in [0.3, 0.4) is 0 Å². The van der Waals surface area contributed by atoms with E-state index in [1.165, 1.54) is 18.4 Å². The Morgan fingerprint density at radius 3 is 2.76 bits per heavy atom. The van der Waals surface area contributed by atoms with Gasteiger partial charge in [0.1, 0.15) is 6.17 Å². The Morgan fingerprint density at radius 2 is 2.19 bits per heavy atom. The lowest BCUT2D eigenvalue weighted by molar-refractivity contribution is -0.133. The Hall–Kier alpha value is -0.870. The van der Waals surface area contributed by atoms with Gasteiger partial charge >= 0.3 is 0 Å². The van der Waals surface area contributed by atoms with Gasteiger partial charge in [0.25, 0.3) is 0 Å². The van der Waals surface area contributed by atoms with Gasteiger partial charge in [-0.05, 0) is 47.6 Å². The van der Waals surface area contributed by atoms with Crippen molar-refractivity contribution in [2.24, 2.45) is 11.8 Å². The molecule has 2 aliphatic rings. The van der Waals surface area contributed by atoms with Gasteiger partial charge in [0, 0.05) is 6.04 Å². The highest BCUT2D eigenvalue weighted by molar-refractivity contribution is 7.07. The predicted octanol–water partition coefficient (Wildman–Crippen LogP) is 3.78. The van der Waals surface area contributed by atoms with E-state index in [4.69, 9.17) is 0 Å². The van der Waals surface area contributed by atoms with Crippen LogP contribution in [0.1, 0.15) is 58.2 Å². The molecule has 4 unspecified atom stereocenters. The third-order valence-electron chi connectivity index (χ3n) is 5.05. The minimum Gasteiger partial charge on any atom is -0.319 e. The number of carbonyl (C=O) groups excluding carboxylic acids is 1. The molecule has 3 rings (SSSR count). The van der Waals surface area contributed by atoms with E-state index < -0.39 is 0 Å². The fraction of sp³-hybridized carbons (Fsp3) is 0.706. The topological polar surface area (TPSA) is 32.3 Å². The van der Waals surface area contributed by atoms with Gasteiger partial charge in [-0.2, -0.15) is 11.3 Å². The molecule has 1 aromatic rings. The number of rotatable bonds is 6. The summed E-state index contributed by atoms with van der Waals surface area (Å²) in [5, 5.41) is 7.87. The average molecular weight is 306 g/mol. The normalized spacial score (nSPS) is 28.9. The number of nitrogens with one attached hydrogen (secondary N) is 1. The molecular weight excluding hydrogens is 280 g/mol. The first kappa shape index (κ1) is 15.0. The zero-order valence-electron chi connectivity index (χ0n) is 13.2. The van der Waals surface area contributed by atoms with Gasteiger partial charge in [-0.3, -0.25) is 10.1 Å². The lowest BCUT2D eigenvalue weighted by Crippen LogP contribution is -2.39. The van der Waals surface area contributed by atoms with Crippen LogP contribution in [-0.4, -0.2) is 22.9 Å². The van der Waals surface area contributed by atoms with Crippen LogP contribution in [0, 0.1) is 11.8 Å². The second kappa shape index (κ2) is 6.09. The summed E-state index contributed by atoms with van der Waals surface area (Å²) in [6.45, 7) is 6.56. The van der Waals surface area contributed by atoms with Crippen molar-refractivity contribution in [2.75, 3.05) is 0 Å². The van der Waals surface area contributed by atoms with Crippen LogP contribution in [0.2, 0.25) is 0 Å². The molecule has 1 N–H and O–H groups in total. The monoisotopic (exact) mass is 306 g/mol. The third kappa shape index (κ3) is 3.02. The molecule has 0 spiro atoms. The molecule has 2 heterocycles. The van der Waals surface area contributed by atoms with E-state index in [2.05, 4.69) is 47.8 Å². The fourth-order valence-electron chi connectivity index (χ4n) is 3.36. The third-order valence-corrected chi connectivity index (χ3v) is 5.76. The summed E-state index contributed by atoms with van der Waals surface area (Å²) in [5.74, 6) is 1.53. The molecule has 1 aromatic heterocycles. The standard InChI is InChI=1S/C17H26N2OS/c1-4-11(2)15-17(20)19(12(3)9-13-5-6-13)16(18-15)14-7-8-21-10-14/h7-8,10-13,15-16,18H,4-6,9H2,1-3H3. The largest absolute Gasteiger partial charge is 0.319 e. The average Bonchev–Trinajstić information content (AvgIpc) is 3.00. The number of hydrogen-bond acceptors (Lipinski definition) is 3. The number of thiophene rings is 1. The van der Waals surface area contributed by atoms with E-state index in [1.807, 2.05) is 0 Å². The maximum Gasteiger partial charge on any atom is 0.241 e. The Balaban J connectivity index is 1.82. The molecule has 116 valence electrons. The first-order valence-electron chi connectivity index (χ1n) is 8.22. The molecule has 4 heteroatoms. The first-order chi connectivity index (χ1) is 10.1. The highest BCUT2D eigenvalue weighted by Gasteiger charge is 2.44. The van der Waals surface area contributed by atoms with E-state index in [9.17, 15) is 4.79 Å². The molecule has 2 fully saturated rings. The van der Waals surface area contributed by atoms with Gasteiger partial charge in [-0.15, -0.1) is 0 Å². The van der Waals surface area contributed by atoms with Gasteiger partial charge in [-0.25, -0.2) is 0 Å². The smallest absolute Gasteiger partial charge is 0.241 e. The summed E-state index contributed by atoms with van der Waals surface area (Å²) in [7, 11) is 0. The molecule has 1 aliphatic heterocycles. The Morgan fingerprint density at radius 1 is 1.43 bits per heavy atom. The summed E-state index contributed by atoms with van der Waals surface area (Å²) in [6, 6.07) is 2.45. The zero-order valence-corrected chi connectivity index (χ0v) is 14.0. The van der Waals surface area contributed by atoms with Crippen LogP contribution in [0.4, 0.5) is 0 Å². The van der Waals surface area contributed by atoms with Crippen molar-refractivity contribution in [1.29, 1.82) is 0 Å². The molecule has 1 saturated carbocycles. The minimum atomic E-state index is -0.0263. The van der Waals surface area contributed by atoms with Crippen LogP contribution in [0.5, 0.6) is 0 Å². The van der Waals surface area contributed by atoms with Gasteiger partial charge in [0.15, 0.2) is 0 Å². The second-order valence-corrected chi connectivity index (χ2v) is 7.54. The van der Waals surface area contributed by atoms with Crippen LogP contribution in [-0.2, 0) is 4.79 Å². The van der Waals surface area contributed by atoms with Crippen molar-refractivity contribution >= 4 is 17.2 Å². The summed E-state index contributed by atoms with van der Waals surface area (Å²) in [4.78, 5) is 15.0. The molecule has 4 atom stereocenters. The number of amides is 1. The molecule has 0 aromatic carbocycles. The maximum absolute atomic E-state index is 12.9. The van der Waals surface area contributed by atoms with Crippen LogP contribution in [0.25, 0.3) is 0 Å². The zero-order chi connectivity index (χ0) is 15.0. The van der Waals surface area contributed by atoms with Crippen LogP contribution in [0.15, 0.2) is 16.8 Å². The molecule has 0 radical (unpaired) electrons. The predicted molar refractivity (Wildman–Crippen MR) is 87.1 cm³/mol. The SMILES string of the molecule is CCC(C)C1NC(c2ccsc2)N(C(C)CC2CC2)C1=O. The fourth-order valence-corrected chi connectivity index (χ4v) is 4.04. The van der Waals surface area contributed by atoms with Gasteiger partial charge in [0.2, 0.25) is 5.91 Å². The van der Waals surface area contributed by atoms with E-state index in [0.29, 0.717) is 17.9 Å². The highest BCUT2D eigenvalue weighted by atomic mass is 32.1. The molecule has 1 aliphatic carbocycles. The maximum atomic E-state index is 12.9. The number of nitrogens with zero attached hydrogens (tertiary/aromatic N) is 1. The van der Waals surface area contributed by atoms with Crippen molar-refractivity contribution in [3.05, 3.63) is 22.4 Å². The quantitative estimate of drug-likeness (QED) is 0.867. The van der Waals surface area contributed by atoms with Gasteiger partial charge in [-0.1, -0.05) is 33.1 Å². The molecule has 3 nitrogen and oxygen atoms in total. The van der Waals surface area contributed by atoms with Crippen molar-refractivity contribution in [3.63, 3.8) is 0 Å². The van der Waals surface area contributed by atoms with Gasteiger partial charge < -0.3 is 4.90 Å². The summed E-state index contributed by atoms with van der Waals surface area (Å²) >= 11 is 1.71. The summed E-state index contributed by atoms with van der Waals surface area (Å²) < 4.78 is 0. The van der Waals surface area contributed by atoms with E-state index in [-0.39, 0.29) is 12.2 Å². The molecule has 0 bridgehead atoms.